The first-order valence-electron chi connectivity index (χ1n) is 6.84. The Kier molecular flexibility index (Phi) is 3.52. The normalized spacial score (nSPS) is 11.3. The topological polar surface area (TPSA) is 55.9 Å². The van der Waals surface area contributed by atoms with Crippen LogP contribution in [0.15, 0.2) is 34.9 Å². The van der Waals surface area contributed by atoms with Crippen molar-refractivity contribution >= 4 is 11.0 Å². The molecule has 2 heterocycles. The summed E-state index contributed by atoms with van der Waals surface area (Å²) in [5, 5.41) is 3.33. The van der Waals surface area contributed by atoms with Crippen LogP contribution in [0.1, 0.15) is 24.4 Å². The number of oxazole rings is 1. The summed E-state index contributed by atoms with van der Waals surface area (Å²) in [5.41, 5.74) is 2.22. The second kappa shape index (κ2) is 5.46. The van der Waals surface area contributed by atoms with Gasteiger partial charge < -0.3 is 14.3 Å². The summed E-state index contributed by atoms with van der Waals surface area (Å²) in [6, 6.07) is 8.21. The van der Waals surface area contributed by atoms with Gasteiger partial charge in [0.25, 0.3) is 0 Å². The summed E-state index contributed by atoms with van der Waals surface area (Å²) >= 11 is 0. The van der Waals surface area contributed by atoms with Gasteiger partial charge in [0.15, 0.2) is 0 Å². The lowest BCUT2D eigenvalue weighted by molar-refractivity contribution is 0.445. The quantitative estimate of drug-likeness (QED) is 0.774. The third-order valence-corrected chi connectivity index (χ3v) is 3.28. The first kappa shape index (κ1) is 12.9. The minimum Gasteiger partial charge on any atom is -0.445 e. The van der Waals surface area contributed by atoms with Gasteiger partial charge in [-0.3, -0.25) is 0 Å². The second-order valence-corrected chi connectivity index (χ2v) is 4.73. The lowest BCUT2D eigenvalue weighted by Crippen LogP contribution is -2.16. The molecule has 20 heavy (non-hydrogen) atoms. The van der Waals surface area contributed by atoms with Crippen LogP contribution >= 0.6 is 0 Å². The molecule has 5 heteroatoms. The van der Waals surface area contributed by atoms with Gasteiger partial charge in [-0.2, -0.15) is 0 Å². The molecule has 3 rings (SSSR count). The van der Waals surface area contributed by atoms with E-state index in [0.29, 0.717) is 19.0 Å². The lowest BCUT2D eigenvalue weighted by atomic mass is 10.3. The van der Waals surface area contributed by atoms with Gasteiger partial charge in [0.2, 0.25) is 5.89 Å². The van der Waals surface area contributed by atoms with E-state index in [4.69, 9.17) is 4.42 Å². The van der Waals surface area contributed by atoms with Crippen LogP contribution in [0.25, 0.3) is 11.0 Å². The van der Waals surface area contributed by atoms with Gasteiger partial charge in [-0.05, 0) is 26.0 Å². The fourth-order valence-electron chi connectivity index (χ4n) is 2.38. The van der Waals surface area contributed by atoms with E-state index in [1.165, 1.54) is 5.52 Å². The van der Waals surface area contributed by atoms with Crippen LogP contribution in [-0.4, -0.2) is 14.5 Å². The SMILES string of the molecule is CCn1c(CNCc2ncc(C)o2)nc2ccccc21. The van der Waals surface area contributed by atoms with Gasteiger partial charge in [-0.1, -0.05) is 12.1 Å². The Morgan fingerprint density at radius 1 is 1.25 bits per heavy atom. The standard InChI is InChI=1S/C15H18N4O/c1-3-19-13-7-5-4-6-12(13)18-14(19)9-16-10-15-17-8-11(2)20-15/h4-8,16H,3,9-10H2,1-2H3. The molecule has 1 N–H and O–H groups in total. The zero-order valence-corrected chi connectivity index (χ0v) is 11.8. The summed E-state index contributed by atoms with van der Waals surface area (Å²) in [7, 11) is 0. The molecule has 0 aliphatic heterocycles. The third-order valence-electron chi connectivity index (χ3n) is 3.28. The molecule has 3 aromatic rings. The number of hydrogen-bond acceptors (Lipinski definition) is 4. The number of aryl methyl sites for hydroxylation is 2. The molecular weight excluding hydrogens is 252 g/mol. The molecule has 0 spiro atoms. The monoisotopic (exact) mass is 270 g/mol. The molecule has 0 amide bonds. The van der Waals surface area contributed by atoms with E-state index in [0.717, 1.165) is 23.6 Å². The van der Waals surface area contributed by atoms with Gasteiger partial charge in [0.05, 0.1) is 30.3 Å². The van der Waals surface area contributed by atoms with E-state index >= 15 is 0 Å². The fourth-order valence-corrected chi connectivity index (χ4v) is 2.38. The second-order valence-electron chi connectivity index (χ2n) is 4.73. The van der Waals surface area contributed by atoms with E-state index < -0.39 is 0 Å². The first-order chi connectivity index (χ1) is 9.78. The van der Waals surface area contributed by atoms with Crippen LogP contribution in [0.4, 0.5) is 0 Å². The van der Waals surface area contributed by atoms with Crippen molar-refractivity contribution in [1.82, 2.24) is 19.9 Å². The molecule has 1 aromatic carbocycles. The van der Waals surface area contributed by atoms with E-state index in [1.54, 1.807) is 6.20 Å². The highest BCUT2D eigenvalue weighted by atomic mass is 16.4. The van der Waals surface area contributed by atoms with E-state index in [9.17, 15) is 0 Å². The maximum atomic E-state index is 5.44. The van der Waals surface area contributed by atoms with Crippen molar-refractivity contribution in [2.45, 2.75) is 33.5 Å². The smallest absolute Gasteiger partial charge is 0.208 e. The zero-order valence-electron chi connectivity index (χ0n) is 11.8. The summed E-state index contributed by atoms with van der Waals surface area (Å²) in [6.45, 7) is 6.25. The molecule has 0 aliphatic rings. The minimum absolute atomic E-state index is 0.612. The highest BCUT2D eigenvalue weighted by molar-refractivity contribution is 5.75. The Labute approximate surface area is 117 Å². The van der Waals surface area contributed by atoms with Crippen LogP contribution in [-0.2, 0) is 19.6 Å². The molecule has 0 saturated carbocycles. The van der Waals surface area contributed by atoms with Crippen molar-refractivity contribution in [3.05, 3.63) is 47.9 Å². The Morgan fingerprint density at radius 2 is 2.10 bits per heavy atom. The fraction of sp³-hybridized carbons (Fsp3) is 0.333. The lowest BCUT2D eigenvalue weighted by Gasteiger charge is -2.06. The van der Waals surface area contributed by atoms with E-state index in [-0.39, 0.29) is 0 Å². The molecule has 0 radical (unpaired) electrons. The summed E-state index contributed by atoms with van der Waals surface area (Å²) in [6.07, 6.45) is 1.73. The Balaban J connectivity index is 1.73. The molecular formula is C15H18N4O. The summed E-state index contributed by atoms with van der Waals surface area (Å²) in [5.74, 6) is 2.58. The van der Waals surface area contributed by atoms with Crippen molar-refractivity contribution in [2.24, 2.45) is 0 Å². The van der Waals surface area contributed by atoms with Gasteiger partial charge in [0.1, 0.15) is 11.6 Å². The zero-order chi connectivity index (χ0) is 13.9. The van der Waals surface area contributed by atoms with E-state index in [2.05, 4.69) is 32.8 Å². The van der Waals surface area contributed by atoms with Crippen LogP contribution < -0.4 is 5.32 Å². The molecule has 0 saturated heterocycles. The minimum atomic E-state index is 0.612. The molecule has 104 valence electrons. The number of fused-ring (bicyclic) bond motifs is 1. The molecule has 5 nitrogen and oxygen atoms in total. The predicted octanol–water partition coefficient (Wildman–Crippen LogP) is 2.64. The average molecular weight is 270 g/mol. The van der Waals surface area contributed by atoms with Crippen LogP contribution in [0.2, 0.25) is 0 Å². The van der Waals surface area contributed by atoms with Crippen molar-refractivity contribution < 1.29 is 4.42 Å². The summed E-state index contributed by atoms with van der Waals surface area (Å²) < 4.78 is 7.66. The number of nitrogens with zero attached hydrogens (tertiary/aromatic N) is 3. The van der Waals surface area contributed by atoms with Crippen molar-refractivity contribution in [1.29, 1.82) is 0 Å². The molecule has 2 aromatic heterocycles. The largest absolute Gasteiger partial charge is 0.445 e. The predicted molar refractivity (Wildman–Crippen MR) is 77.2 cm³/mol. The van der Waals surface area contributed by atoms with Crippen molar-refractivity contribution in [3.63, 3.8) is 0 Å². The van der Waals surface area contributed by atoms with Gasteiger partial charge in [0, 0.05) is 6.54 Å². The average Bonchev–Trinajstić information content (AvgIpc) is 3.02. The maximum absolute atomic E-state index is 5.44. The van der Waals surface area contributed by atoms with Crippen LogP contribution in [0.5, 0.6) is 0 Å². The molecule has 0 aliphatic carbocycles. The van der Waals surface area contributed by atoms with Gasteiger partial charge in [-0.15, -0.1) is 0 Å². The number of nitrogens with one attached hydrogen (secondary N) is 1. The Hall–Kier alpha value is -2.14. The summed E-state index contributed by atoms with van der Waals surface area (Å²) in [4.78, 5) is 8.85. The number of imidazole rings is 1. The third kappa shape index (κ3) is 2.44. The number of aromatic nitrogens is 3. The number of rotatable bonds is 5. The highest BCUT2D eigenvalue weighted by Gasteiger charge is 2.09. The van der Waals surface area contributed by atoms with E-state index in [1.807, 2.05) is 25.1 Å². The Bertz CT molecular complexity index is 714. The van der Waals surface area contributed by atoms with Crippen molar-refractivity contribution in [2.75, 3.05) is 0 Å². The van der Waals surface area contributed by atoms with Crippen LogP contribution in [0, 0.1) is 6.92 Å². The highest BCUT2D eigenvalue weighted by Crippen LogP contribution is 2.15. The van der Waals surface area contributed by atoms with Gasteiger partial charge >= 0.3 is 0 Å². The molecule has 0 bridgehead atoms. The number of benzene rings is 1. The number of para-hydroxylation sites is 2. The molecule has 0 unspecified atom stereocenters. The molecule has 0 atom stereocenters. The number of hydrogen-bond donors (Lipinski definition) is 1. The van der Waals surface area contributed by atoms with Gasteiger partial charge in [-0.25, -0.2) is 9.97 Å². The first-order valence-corrected chi connectivity index (χ1v) is 6.84. The van der Waals surface area contributed by atoms with Crippen LogP contribution in [0.3, 0.4) is 0 Å². The Morgan fingerprint density at radius 3 is 2.85 bits per heavy atom. The maximum Gasteiger partial charge on any atom is 0.208 e. The molecule has 0 fully saturated rings. The van der Waals surface area contributed by atoms with Crippen molar-refractivity contribution in [3.8, 4) is 0 Å².